The second-order valence-corrected chi connectivity index (χ2v) is 9.49. The second-order valence-electron chi connectivity index (χ2n) is 9.49. The van der Waals surface area contributed by atoms with Crippen LogP contribution in [0.15, 0.2) is 77.9 Å². The molecule has 0 aromatic heterocycles. The van der Waals surface area contributed by atoms with Gasteiger partial charge in [0.2, 0.25) is 11.5 Å². The minimum Gasteiger partial charge on any atom is -0.493 e. The summed E-state index contributed by atoms with van der Waals surface area (Å²) in [7, 11) is 8.74. The Kier molecular flexibility index (Phi) is 11.2. The number of nitrogens with zero attached hydrogens (tertiary/aromatic N) is 1. The molecule has 13 heteroatoms. The van der Waals surface area contributed by atoms with E-state index in [0.717, 1.165) is 0 Å². The molecule has 2 N–H and O–H groups in total. The third kappa shape index (κ3) is 7.89. The minimum absolute atomic E-state index is 0.169. The Labute approximate surface area is 270 Å². The molecule has 47 heavy (non-hydrogen) atoms. The first-order chi connectivity index (χ1) is 22.8. The molecule has 4 aromatic rings. The number of hydrogen-bond donors (Lipinski definition) is 2. The van der Waals surface area contributed by atoms with Crippen LogP contribution in [0.2, 0.25) is 0 Å². The van der Waals surface area contributed by atoms with E-state index in [9.17, 15) is 14.4 Å². The Morgan fingerprint density at radius 3 is 1.60 bits per heavy atom. The van der Waals surface area contributed by atoms with Crippen LogP contribution in [0, 0.1) is 0 Å². The van der Waals surface area contributed by atoms with Crippen molar-refractivity contribution in [2.45, 2.75) is 0 Å². The van der Waals surface area contributed by atoms with Gasteiger partial charge in [-0.25, -0.2) is 10.2 Å². The second kappa shape index (κ2) is 15.7. The van der Waals surface area contributed by atoms with Crippen LogP contribution in [0.1, 0.15) is 36.6 Å². The fourth-order valence-electron chi connectivity index (χ4n) is 4.38. The SMILES string of the molecule is COc1cc(C(=O)Nc2ccc(C(=O)N/N=C\c3ccccc3OC(=O)c3cc(OC)c(OC)c(OC)c3)cc2)cc(OC)c1OC. The highest BCUT2D eigenvalue weighted by atomic mass is 16.5. The van der Waals surface area contributed by atoms with Crippen molar-refractivity contribution in [3.63, 3.8) is 0 Å². The van der Waals surface area contributed by atoms with Gasteiger partial charge in [0.05, 0.1) is 54.4 Å². The van der Waals surface area contributed by atoms with Gasteiger partial charge in [-0.2, -0.15) is 5.10 Å². The minimum atomic E-state index is -0.674. The fourth-order valence-corrected chi connectivity index (χ4v) is 4.38. The van der Waals surface area contributed by atoms with Gasteiger partial charge < -0.3 is 38.5 Å². The van der Waals surface area contributed by atoms with Crippen molar-refractivity contribution in [1.82, 2.24) is 5.43 Å². The zero-order valence-corrected chi connectivity index (χ0v) is 26.5. The summed E-state index contributed by atoms with van der Waals surface area (Å²) in [5.74, 6) is 0.576. The first kappa shape index (κ1) is 33.6. The number of rotatable bonds is 13. The number of ether oxygens (including phenoxy) is 7. The van der Waals surface area contributed by atoms with Gasteiger partial charge >= 0.3 is 5.97 Å². The summed E-state index contributed by atoms with van der Waals surface area (Å²) in [6.45, 7) is 0. The fraction of sp³-hybridized carbons (Fsp3) is 0.176. The summed E-state index contributed by atoms with van der Waals surface area (Å²) < 4.78 is 37.5. The molecule has 0 unspecified atom stereocenters. The summed E-state index contributed by atoms with van der Waals surface area (Å²) in [6.07, 6.45) is 1.35. The summed E-state index contributed by atoms with van der Waals surface area (Å²) in [4.78, 5) is 38.6. The maximum Gasteiger partial charge on any atom is 0.343 e. The van der Waals surface area contributed by atoms with E-state index in [0.29, 0.717) is 45.7 Å². The summed E-state index contributed by atoms with van der Waals surface area (Å²) in [5, 5.41) is 6.78. The standard InChI is InChI=1S/C34H33N3O10/c1-41-26-15-22(16-27(42-2)30(26)45-5)32(38)36-24-13-11-20(12-14-24)33(39)37-35-19-21-9-7-8-10-25(21)47-34(40)23-17-28(43-3)31(46-6)29(18-23)44-4/h7-19H,1-6H3,(H,36,38)(H,37,39)/b35-19-. The molecule has 244 valence electrons. The quantitative estimate of drug-likeness (QED) is 0.0884. The van der Waals surface area contributed by atoms with Crippen LogP contribution in [0.3, 0.4) is 0 Å². The normalized spacial score (nSPS) is 10.5. The van der Waals surface area contributed by atoms with E-state index in [1.54, 1.807) is 36.4 Å². The largest absolute Gasteiger partial charge is 0.493 e. The number of carbonyl (C=O) groups excluding carboxylic acids is 3. The Hall–Kier alpha value is -6.24. The molecule has 4 rings (SSSR count). The topological polar surface area (TPSA) is 152 Å². The van der Waals surface area contributed by atoms with Gasteiger partial charge in [-0.1, -0.05) is 12.1 Å². The van der Waals surface area contributed by atoms with Crippen molar-refractivity contribution in [1.29, 1.82) is 0 Å². The number of para-hydroxylation sites is 1. The molecule has 0 aliphatic rings. The molecule has 2 amide bonds. The van der Waals surface area contributed by atoms with E-state index in [1.807, 2.05) is 0 Å². The highest BCUT2D eigenvalue weighted by Crippen LogP contribution is 2.39. The number of anilines is 1. The lowest BCUT2D eigenvalue weighted by Crippen LogP contribution is -2.18. The van der Waals surface area contributed by atoms with E-state index in [4.69, 9.17) is 33.2 Å². The van der Waals surface area contributed by atoms with Gasteiger partial charge in [0.1, 0.15) is 5.75 Å². The summed E-state index contributed by atoms with van der Waals surface area (Å²) >= 11 is 0. The number of nitrogens with one attached hydrogen (secondary N) is 2. The molecule has 0 fully saturated rings. The van der Waals surface area contributed by atoms with E-state index in [-0.39, 0.29) is 22.4 Å². The molecule has 0 atom stereocenters. The summed E-state index contributed by atoms with van der Waals surface area (Å²) in [5.41, 5.74) is 4.06. The third-order valence-electron chi connectivity index (χ3n) is 6.72. The van der Waals surface area contributed by atoms with Crippen molar-refractivity contribution in [3.8, 4) is 40.2 Å². The number of hydrazone groups is 1. The van der Waals surface area contributed by atoms with Crippen LogP contribution < -0.4 is 43.9 Å². The molecule has 0 saturated carbocycles. The van der Waals surface area contributed by atoms with Gasteiger partial charge in [-0.05, 0) is 60.7 Å². The predicted molar refractivity (Wildman–Crippen MR) is 173 cm³/mol. The lowest BCUT2D eigenvalue weighted by molar-refractivity contribution is 0.0733. The monoisotopic (exact) mass is 643 g/mol. The lowest BCUT2D eigenvalue weighted by Gasteiger charge is -2.14. The van der Waals surface area contributed by atoms with Crippen LogP contribution in [0.25, 0.3) is 0 Å². The van der Waals surface area contributed by atoms with E-state index >= 15 is 0 Å². The molecule has 0 aliphatic carbocycles. The van der Waals surface area contributed by atoms with Crippen molar-refractivity contribution >= 4 is 29.7 Å². The van der Waals surface area contributed by atoms with E-state index < -0.39 is 17.8 Å². The molecule has 0 aliphatic heterocycles. The van der Waals surface area contributed by atoms with Crippen molar-refractivity contribution in [2.75, 3.05) is 48.0 Å². The Bertz CT molecular complexity index is 1740. The van der Waals surface area contributed by atoms with E-state index in [2.05, 4.69) is 15.8 Å². The molecule has 0 heterocycles. The van der Waals surface area contributed by atoms with Crippen molar-refractivity contribution in [3.05, 3.63) is 95.1 Å². The molecule has 4 aromatic carbocycles. The predicted octanol–water partition coefficient (Wildman–Crippen LogP) is 4.97. The van der Waals surface area contributed by atoms with Gasteiger partial charge in [0.15, 0.2) is 23.0 Å². The highest BCUT2D eigenvalue weighted by Gasteiger charge is 2.20. The lowest BCUT2D eigenvalue weighted by atomic mass is 10.1. The zero-order valence-electron chi connectivity index (χ0n) is 26.5. The van der Waals surface area contributed by atoms with Crippen LogP contribution in [-0.4, -0.2) is 66.7 Å². The maximum absolute atomic E-state index is 13.0. The first-order valence-corrected chi connectivity index (χ1v) is 13.9. The molecular formula is C34H33N3O10. The molecule has 0 saturated heterocycles. The number of carbonyl (C=O) groups is 3. The van der Waals surface area contributed by atoms with Crippen LogP contribution >= 0.6 is 0 Å². The van der Waals surface area contributed by atoms with Crippen LogP contribution in [0.4, 0.5) is 5.69 Å². The molecule has 0 spiro atoms. The van der Waals surface area contributed by atoms with Crippen molar-refractivity contribution < 1.29 is 47.5 Å². The van der Waals surface area contributed by atoms with Gasteiger partial charge in [0, 0.05) is 22.4 Å². The Morgan fingerprint density at radius 2 is 1.09 bits per heavy atom. The number of benzene rings is 4. The Morgan fingerprint density at radius 1 is 0.574 bits per heavy atom. The van der Waals surface area contributed by atoms with Gasteiger partial charge in [0.25, 0.3) is 11.8 Å². The smallest absolute Gasteiger partial charge is 0.343 e. The number of hydrogen-bond acceptors (Lipinski definition) is 11. The van der Waals surface area contributed by atoms with Crippen molar-refractivity contribution in [2.24, 2.45) is 5.10 Å². The zero-order chi connectivity index (χ0) is 33.9. The molecule has 13 nitrogen and oxygen atoms in total. The van der Waals surface area contributed by atoms with Crippen LogP contribution in [0.5, 0.6) is 40.2 Å². The average molecular weight is 644 g/mol. The third-order valence-corrected chi connectivity index (χ3v) is 6.72. The molecule has 0 bridgehead atoms. The van der Waals surface area contributed by atoms with Crippen LogP contribution in [-0.2, 0) is 0 Å². The van der Waals surface area contributed by atoms with E-state index in [1.165, 1.54) is 85.3 Å². The van der Waals surface area contributed by atoms with Gasteiger partial charge in [-0.3, -0.25) is 9.59 Å². The number of amides is 2. The van der Waals surface area contributed by atoms with Gasteiger partial charge in [-0.15, -0.1) is 0 Å². The Balaban J connectivity index is 1.40. The number of methoxy groups -OCH3 is 6. The number of esters is 1. The highest BCUT2D eigenvalue weighted by molar-refractivity contribution is 6.05. The average Bonchev–Trinajstić information content (AvgIpc) is 3.10. The summed E-state index contributed by atoms with van der Waals surface area (Å²) in [6, 6.07) is 18.9. The first-order valence-electron chi connectivity index (χ1n) is 13.9. The maximum atomic E-state index is 13.0. The molecular weight excluding hydrogens is 610 g/mol. The molecule has 0 radical (unpaired) electrons.